The molecule has 33 heavy (non-hydrogen) atoms. The SMILES string of the molecule is Cc1ccc(N2C(=O)c3oc4ccc(Cl)cc4c(=O)c3C2c2cccc([N+](=O)[O-])c2)cc1C. The second kappa shape index (κ2) is 7.56. The van der Waals surface area contributed by atoms with E-state index in [4.69, 9.17) is 16.0 Å². The van der Waals surface area contributed by atoms with Gasteiger partial charge in [0.2, 0.25) is 5.76 Å². The highest BCUT2D eigenvalue weighted by Gasteiger charge is 2.44. The molecule has 4 aromatic rings. The minimum atomic E-state index is -0.894. The standard InChI is InChI=1S/C25H17ClN2O5/c1-13-6-8-17(10-14(13)2)27-22(15-4-3-5-18(11-15)28(31)32)21-23(29)19-12-16(26)7-9-20(19)33-24(21)25(27)30/h3-12,22H,1-2H3. The first-order valence-electron chi connectivity index (χ1n) is 10.2. The predicted octanol–water partition coefficient (Wildman–Crippen LogP) is 5.72. The van der Waals surface area contributed by atoms with E-state index in [0.29, 0.717) is 16.3 Å². The van der Waals surface area contributed by atoms with Gasteiger partial charge in [0.25, 0.3) is 11.6 Å². The Morgan fingerprint density at radius 1 is 1.00 bits per heavy atom. The average Bonchev–Trinajstić information content (AvgIpc) is 3.09. The molecule has 1 aromatic heterocycles. The maximum absolute atomic E-state index is 13.6. The largest absolute Gasteiger partial charge is 0.450 e. The van der Waals surface area contributed by atoms with Crippen molar-refractivity contribution in [3.05, 3.63) is 114 Å². The molecule has 5 rings (SSSR count). The summed E-state index contributed by atoms with van der Waals surface area (Å²) in [6, 6.07) is 15.2. The summed E-state index contributed by atoms with van der Waals surface area (Å²) in [6.45, 7) is 3.88. The summed E-state index contributed by atoms with van der Waals surface area (Å²) in [6.07, 6.45) is 0. The van der Waals surface area contributed by atoms with Gasteiger partial charge in [0, 0.05) is 22.8 Å². The van der Waals surface area contributed by atoms with Crippen LogP contribution in [0.15, 0.2) is 69.9 Å². The topological polar surface area (TPSA) is 93.7 Å². The van der Waals surface area contributed by atoms with Crippen LogP contribution in [0.1, 0.15) is 38.9 Å². The first kappa shape index (κ1) is 20.9. The lowest BCUT2D eigenvalue weighted by molar-refractivity contribution is -0.384. The third kappa shape index (κ3) is 3.29. The zero-order valence-corrected chi connectivity index (χ0v) is 18.4. The van der Waals surface area contributed by atoms with Gasteiger partial charge in [0.15, 0.2) is 5.43 Å². The van der Waals surface area contributed by atoms with Crippen molar-refractivity contribution in [2.24, 2.45) is 0 Å². The van der Waals surface area contributed by atoms with Gasteiger partial charge in [0.1, 0.15) is 5.58 Å². The number of rotatable bonds is 3. The fraction of sp³-hybridized carbons (Fsp3) is 0.120. The van der Waals surface area contributed by atoms with Crippen molar-refractivity contribution in [3.63, 3.8) is 0 Å². The maximum atomic E-state index is 13.6. The maximum Gasteiger partial charge on any atom is 0.295 e. The minimum absolute atomic E-state index is 0.0791. The first-order chi connectivity index (χ1) is 15.8. The molecule has 2 heterocycles. The molecular weight excluding hydrogens is 444 g/mol. The van der Waals surface area contributed by atoms with E-state index in [-0.39, 0.29) is 28.0 Å². The summed E-state index contributed by atoms with van der Waals surface area (Å²) >= 11 is 6.10. The molecule has 0 bridgehead atoms. The number of fused-ring (bicyclic) bond motifs is 2. The molecule has 3 aromatic carbocycles. The Morgan fingerprint density at radius 3 is 2.52 bits per heavy atom. The summed E-state index contributed by atoms with van der Waals surface area (Å²) in [4.78, 5) is 39.6. The highest BCUT2D eigenvalue weighted by Crippen LogP contribution is 2.42. The van der Waals surface area contributed by atoms with E-state index < -0.39 is 22.3 Å². The van der Waals surface area contributed by atoms with Gasteiger partial charge in [-0.2, -0.15) is 0 Å². The van der Waals surface area contributed by atoms with E-state index in [1.54, 1.807) is 24.3 Å². The van der Waals surface area contributed by atoms with Gasteiger partial charge in [-0.15, -0.1) is 0 Å². The molecular formula is C25H17ClN2O5. The molecule has 0 radical (unpaired) electrons. The van der Waals surface area contributed by atoms with Crippen LogP contribution >= 0.6 is 11.6 Å². The molecule has 0 aliphatic carbocycles. The van der Waals surface area contributed by atoms with Gasteiger partial charge < -0.3 is 4.42 Å². The molecule has 0 saturated heterocycles. The average molecular weight is 461 g/mol. The minimum Gasteiger partial charge on any atom is -0.450 e. The molecule has 8 heteroatoms. The van der Waals surface area contributed by atoms with Gasteiger partial charge in [-0.05, 0) is 60.9 Å². The quantitative estimate of drug-likeness (QED) is 0.288. The van der Waals surface area contributed by atoms with Crippen molar-refractivity contribution in [3.8, 4) is 0 Å². The number of hydrogen-bond donors (Lipinski definition) is 0. The van der Waals surface area contributed by atoms with Crippen LogP contribution in [-0.4, -0.2) is 10.8 Å². The van der Waals surface area contributed by atoms with Crippen LogP contribution in [0.25, 0.3) is 11.0 Å². The molecule has 1 aliphatic heterocycles. The summed E-state index contributed by atoms with van der Waals surface area (Å²) < 4.78 is 5.90. The van der Waals surface area contributed by atoms with Crippen LogP contribution in [0.5, 0.6) is 0 Å². The van der Waals surface area contributed by atoms with Crippen LogP contribution in [0.4, 0.5) is 11.4 Å². The lowest BCUT2D eigenvalue weighted by atomic mass is 9.97. The van der Waals surface area contributed by atoms with Gasteiger partial charge in [-0.1, -0.05) is 29.8 Å². The third-order valence-corrected chi connectivity index (χ3v) is 6.23. The Morgan fingerprint density at radius 2 is 1.79 bits per heavy atom. The lowest BCUT2D eigenvalue weighted by Crippen LogP contribution is -2.29. The molecule has 0 saturated carbocycles. The van der Waals surface area contributed by atoms with Crippen molar-refractivity contribution in [2.75, 3.05) is 4.90 Å². The van der Waals surface area contributed by atoms with Crippen molar-refractivity contribution in [2.45, 2.75) is 19.9 Å². The molecule has 1 aliphatic rings. The Kier molecular flexibility index (Phi) is 4.79. The first-order valence-corrected chi connectivity index (χ1v) is 10.6. The predicted molar refractivity (Wildman–Crippen MR) is 125 cm³/mol. The number of carbonyl (C=O) groups excluding carboxylic acids is 1. The number of aryl methyl sites for hydroxylation is 2. The second-order valence-electron chi connectivity index (χ2n) is 8.01. The van der Waals surface area contributed by atoms with E-state index in [9.17, 15) is 19.7 Å². The second-order valence-corrected chi connectivity index (χ2v) is 8.45. The summed E-state index contributed by atoms with van der Waals surface area (Å²) in [5.74, 6) is -0.566. The Hall–Kier alpha value is -3.97. The monoisotopic (exact) mass is 460 g/mol. The van der Waals surface area contributed by atoms with Gasteiger partial charge >= 0.3 is 0 Å². The van der Waals surface area contributed by atoms with Gasteiger partial charge in [-0.3, -0.25) is 24.6 Å². The molecule has 7 nitrogen and oxygen atoms in total. The van der Waals surface area contributed by atoms with E-state index in [1.165, 1.54) is 29.2 Å². The molecule has 0 N–H and O–H groups in total. The van der Waals surface area contributed by atoms with E-state index in [0.717, 1.165) is 11.1 Å². The zero-order chi connectivity index (χ0) is 23.4. The fourth-order valence-electron chi connectivity index (χ4n) is 4.21. The van der Waals surface area contributed by atoms with Crippen molar-refractivity contribution >= 4 is 39.9 Å². The van der Waals surface area contributed by atoms with Crippen molar-refractivity contribution in [1.29, 1.82) is 0 Å². The highest BCUT2D eigenvalue weighted by molar-refractivity contribution is 6.31. The number of nitro groups is 1. The number of anilines is 1. The van der Waals surface area contributed by atoms with E-state index in [1.807, 2.05) is 26.0 Å². The lowest BCUT2D eigenvalue weighted by Gasteiger charge is -2.25. The molecule has 0 fully saturated rings. The molecule has 1 unspecified atom stereocenters. The number of hydrogen-bond acceptors (Lipinski definition) is 5. The number of carbonyl (C=O) groups is 1. The number of non-ortho nitro benzene ring substituents is 1. The van der Waals surface area contributed by atoms with E-state index in [2.05, 4.69) is 0 Å². The summed E-state index contributed by atoms with van der Waals surface area (Å²) in [5, 5.41) is 12.0. The van der Waals surface area contributed by atoms with Crippen LogP contribution in [-0.2, 0) is 0 Å². The summed E-state index contributed by atoms with van der Waals surface area (Å²) in [7, 11) is 0. The van der Waals surface area contributed by atoms with Gasteiger partial charge in [0.05, 0.1) is 21.9 Å². The number of nitrogens with zero attached hydrogens (tertiary/aromatic N) is 2. The van der Waals surface area contributed by atoms with Crippen molar-refractivity contribution < 1.29 is 14.1 Å². The molecule has 1 amide bonds. The molecule has 1 atom stereocenters. The van der Waals surface area contributed by atoms with Crippen LogP contribution in [0.3, 0.4) is 0 Å². The zero-order valence-electron chi connectivity index (χ0n) is 17.7. The number of benzene rings is 3. The number of amides is 1. The normalized spacial score (nSPS) is 15.2. The fourth-order valence-corrected chi connectivity index (χ4v) is 4.38. The highest BCUT2D eigenvalue weighted by atomic mass is 35.5. The van der Waals surface area contributed by atoms with Crippen LogP contribution < -0.4 is 10.3 Å². The number of halogens is 1. The van der Waals surface area contributed by atoms with Crippen molar-refractivity contribution in [1.82, 2.24) is 0 Å². The number of nitro benzene ring substituents is 1. The summed E-state index contributed by atoms with van der Waals surface area (Å²) in [5.41, 5.74) is 2.85. The van der Waals surface area contributed by atoms with Crippen LogP contribution in [0, 0.1) is 24.0 Å². The molecule has 0 spiro atoms. The van der Waals surface area contributed by atoms with Crippen LogP contribution in [0.2, 0.25) is 5.02 Å². The molecule has 164 valence electrons. The Bertz CT molecular complexity index is 1540. The third-order valence-electron chi connectivity index (χ3n) is 6.00. The van der Waals surface area contributed by atoms with E-state index >= 15 is 0 Å². The Balaban J connectivity index is 1.83. The smallest absolute Gasteiger partial charge is 0.295 e. The Labute approximate surface area is 193 Å². The van der Waals surface area contributed by atoms with Gasteiger partial charge in [-0.25, -0.2) is 0 Å².